The maximum Gasteiger partial charge on any atom is 0.216 e. The molecule has 0 spiro atoms. The number of thiophene rings is 1. The highest BCUT2D eigenvalue weighted by molar-refractivity contribution is 9.10. The molecule has 0 atom stereocenters. The number of hydrogen-bond acceptors (Lipinski definition) is 3. The van der Waals surface area contributed by atoms with Crippen LogP contribution in [0.1, 0.15) is 18.2 Å². The van der Waals surface area contributed by atoms with Crippen LogP contribution in [0.3, 0.4) is 0 Å². The molecule has 1 heterocycles. The molecule has 0 saturated carbocycles. The van der Waals surface area contributed by atoms with Crippen LogP contribution in [0, 0.1) is 0 Å². The van der Waals surface area contributed by atoms with E-state index in [1.165, 1.54) is 15.3 Å². The van der Waals surface area contributed by atoms with Crippen molar-refractivity contribution in [3.63, 3.8) is 0 Å². The second kappa shape index (κ2) is 8.32. The Bertz CT molecular complexity index is 580. The minimum Gasteiger partial charge on any atom is -0.356 e. The fraction of sp³-hybridized carbons (Fsp3) is 0.312. The molecule has 0 fully saturated rings. The van der Waals surface area contributed by atoms with E-state index < -0.39 is 0 Å². The first-order valence-corrected chi connectivity index (χ1v) is 8.56. The van der Waals surface area contributed by atoms with Gasteiger partial charge in [0.25, 0.3) is 0 Å². The van der Waals surface area contributed by atoms with E-state index in [1.807, 2.05) is 11.3 Å². The number of nitrogens with one attached hydrogen (secondary N) is 2. The lowest BCUT2D eigenvalue weighted by Crippen LogP contribution is -2.24. The largest absolute Gasteiger partial charge is 0.356 e. The summed E-state index contributed by atoms with van der Waals surface area (Å²) in [6, 6.07) is 12.7. The lowest BCUT2D eigenvalue weighted by molar-refractivity contribution is -0.118. The van der Waals surface area contributed by atoms with E-state index in [0.717, 1.165) is 30.5 Å². The fourth-order valence-corrected chi connectivity index (χ4v) is 3.18. The number of hydrogen-bond donors (Lipinski definition) is 2. The monoisotopic (exact) mass is 366 g/mol. The van der Waals surface area contributed by atoms with Crippen molar-refractivity contribution >= 4 is 33.2 Å². The molecule has 112 valence electrons. The minimum absolute atomic E-state index is 0.0346. The van der Waals surface area contributed by atoms with Crippen LogP contribution in [-0.4, -0.2) is 19.0 Å². The van der Waals surface area contributed by atoms with Crippen molar-refractivity contribution in [3.05, 3.63) is 45.7 Å². The molecular weight excluding hydrogens is 348 g/mol. The summed E-state index contributed by atoms with van der Waals surface area (Å²) in [5, 5.41) is 6.20. The van der Waals surface area contributed by atoms with Gasteiger partial charge in [-0.3, -0.25) is 4.79 Å². The van der Waals surface area contributed by atoms with Crippen LogP contribution in [0.5, 0.6) is 0 Å². The van der Waals surface area contributed by atoms with Crippen molar-refractivity contribution in [3.8, 4) is 10.4 Å². The molecule has 3 nitrogen and oxygen atoms in total. The molecule has 0 radical (unpaired) electrons. The minimum atomic E-state index is 0.0346. The lowest BCUT2D eigenvalue weighted by atomic mass is 10.2. The van der Waals surface area contributed by atoms with Gasteiger partial charge in [0.2, 0.25) is 5.91 Å². The summed E-state index contributed by atoms with van der Waals surface area (Å²) in [6.07, 6.45) is 0.949. The fourth-order valence-electron chi connectivity index (χ4n) is 1.93. The summed E-state index contributed by atoms with van der Waals surface area (Å²) in [5.41, 5.74) is 1.25. The third-order valence-corrected chi connectivity index (χ3v) is 4.66. The number of rotatable bonds is 7. The smallest absolute Gasteiger partial charge is 0.216 e. The van der Waals surface area contributed by atoms with Gasteiger partial charge in [-0.05, 0) is 42.8 Å². The molecule has 0 saturated heterocycles. The van der Waals surface area contributed by atoms with Crippen molar-refractivity contribution in [2.45, 2.75) is 19.9 Å². The molecule has 5 heteroatoms. The van der Waals surface area contributed by atoms with Crippen molar-refractivity contribution in [2.75, 3.05) is 13.1 Å². The molecule has 2 rings (SSSR count). The third-order valence-electron chi connectivity index (χ3n) is 2.99. The van der Waals surface area contributed by atoms with Gasteiger partial charge in [0.1, 0.15) is 0 Å². The van der Waals surface area contributed by atoms with E-state index in [1.54, 1.807) is 6.92 Å². The predicted octanol–water partition coefficient (Wildman–Crippen LogP) is 3.79. The molecule has 2 N–H and O–H groups in total. The molecule has 2 aromatic rings. The highest BCUT2D eigenvalue weighted by Crippen LogP contribution is 2.28. The molecule has 1 aromatic heterocycles. The molecule has 0 aliphatic heterocycles. The Hall–Kier alpha value is -1.17. The summed E-state index contributed by atoms with van der Waals surface area (Å²) in [4.78, 5) is 13.3. The van der Waals surface area contributed by atoms with Gasteiger partial charge >= 0.3 is 0 Å². The Morgan fingerprint density at radius 3 is 2.62 bits per heavy atom. The highest BCUT2D eigenvalue weighted by atomic mass is 79.9. The van der Waals surface area contributed by atoms with E-state index in [-0.39, 0.29) is 5.91 Å². The summed E-state index contributed by atoms with van der Waals surface area (Å²) >= 11 is 5.27. The van der Waals surface area contributed by atoms with Crippen molar-refractivity contribution < 1.29 is 4.79 Å². The van der Waals surface area contributed by atoms with Gasteiger partial charge in [-0.1, -0.05) is 28.1 Å². The molecule has 1 aromatic carbocycles. The summed E-state index contributed by atoms with van der Waals surface area (Å²) in [5.74, 6) is 0.0346. The maximum absolute atomic E-state index is 10.7. The lowest BCUT2D eigenvalue weighted by Gasteiger charge is -2.03. The number of carbonyl (C=O) groups excluding carboxylic acids is 1. The van der Waals surface area contributed by atoms with Crippen LogP contribution in [0.15, 0.2) is 40.9 Å². The topological polar surface area (TPSA) is 41.1 Å². The van der Waals surface area contributed by atoms with Gasteiger partial charge in [-0.2, -0.15) is 0 Å². The van der Waals surface area contributed by atoms with E-state index in [9.17, 15) is 4.79 Å². The van der Waals surface area contributed by atoms with Crippen molar-refractivity contribution in [1.29, 1.82) is 0 Å². The van der Waals surface area contributed by atoms with E-state index in [4.69, 9.17) is 0 Å². The van der Waals surface area contributed by atoms with E-state index in [2.05, 4.69) is 63.0 Å². The molecule has 0 aliphatic carbocycles. The second-order valence-corrected chi connectivity index (χ2v) is 6.87. The summed E-state index contributed by atoms with van der Waals surface area (Å²) in [6.45, 7) is 4.06. The first-order chi connectivity index (χ1) is 10.1. The Morgan fingerprint density at radius 1 is 1.14 bits per heavy atom. The van der Waals surface area contributed by atoms with Crippen LogP contribution in [-0.2, 0) is 11.3 Å². The van der Waals surface area contributed by atoms with Crippen LogP contribution in [0.4, 0.5) is 0 Å². The van der Waals surface area contributed by atoms with Gasteiger partial charge in [-0.15, -0.1) is 11.3 Å². The average Bonchev–Trinajstić information content (AvgIpc) is 2.92. The Balaban J connectivity index is 1.76. The molecule has 0 unspecified atom stereocenters. The number of benzene rings is 1. The standard InChI is InChI=1S/C16H19BrN2OS/c1-12(20)19-10-2-9-18-11-15-7-8-16(21-15)13-3-5-14(17)6-4-13/h3-8,18H,2,9-11H2,1H3,(H,19,20). The normalized spacial score (nSPS) is 10.6. The zero-order chi connectivity index (χ0) is 15.1. The van der Waals surface area contributed by atoms with Crippen LogP contribution in [0.25, 0.3) is 10.4 Å². The SMILES string of the molecule is CC(=O)NCCCNCc1ccc(-c2ccc(Br)cc2)s1. The molecular formula is C16H19BrN2OS. The highest BCUT2D eigenvalue weighted by Gasteiger charge is 2.02. The first-order valence-electron chi connectivity index (χ1n) is 6.95. The van der Waals surface area contributed by atoms with Crippen molar-refractivity contribution in [1.82, 2.24) is 10.6 Å². The molecule has 0 aliphatic rings. The van der Waals surface area contributed by atoms with Gasteiger partial charge < -0.3 is 10.6 Å². The third kappa shape index (κ3) is 5.61. The first kappa shape index (κ1) is 16.2. The zero-order valence-electron chi connectivity index (χ0n) is 12.0. The molecule has 0 bridgehead atoms. The van der Waals surface area contributed by atoms with Crippen LogP contribution >= 0.6 is 27.3 Å². The van der Waals surface area contributed by atoms with Gasteiger partial charge in [0.05, 0.1) is 0 Å². The molecule has 21 heavy (non-hydrogen) atoms. The van der Waals surface area contributed by atoms with Crippen LogP contribution in [0.2, 0.25) is 0 Å². The van der Waals surface area contributed by atoms with Crippen LogP contribution < -0.4 is 10.6 Å². The van der Waals surface area contributed by atoms with E-state index in [0.29, 0.717) is 0 Å². The maximum atomic E-state index is 10.7. The zero-order valence-corrected chi connectivity index (χ0v) is 14.4. The Labute approximate surface area is 137 Å². The Morgan fingerprint density at radius 2 is 1.90 bits per heavy atom. The quantitative estimate of drug-likeness (QED) is 0.731. The van der Waals surface area contributed by atoms with E-state index >= 15 is 0 Å². The number of carbonyl (C=O) groups is 1. The number of halogens is 1. The predicted molar refractivity (Wildman–Crippen MR) is 92.5 cm³/mol. The second-order valence-electron chi connectivity index (χ2n) is 4.79. The van der Waals surface area contributed by atoms with Crippen molar-refractivity contribution in [2.24, 2.45) is 0 Å². The van der Waals surface area contributed by atoms with Gasteiger partial charge in [0, 0.05) is 34.2 Å². The summed E-state index contributed by atoms with van der Waals surface area (Å²) < 4.78 is 1.10. The average molecular weight is 367 g/mol. The number of amides is 1. The van der Waals surface area contributed by atoms with Gasteiger partial charge in [0.15, 0.2) is 0 Å². The van der Waals surface area contributed by atoms with Gasteiger partial charge in [-0.25, -0.2) is 0 Å². The Kier molecular flexibility index (Phi) is 6.42. The summed E-state index contributed by atoms with van der Waals surface area (Å²) in [7, 11) is 0. The molecule has 1 amide bonds.